The molecule has 0 aromatic heterocycles. The van der Waals surface area contributed by atoms with E-state index in [2.05, 4.69) is 99.4 Å². The molecule has 29 heavy (non-hydrogen) atoms. The first-order chi connectivity index (χ1) is 14.0. The van der Waals surface area contributed by atoms with Gasteiger partial charge in [0, 0.05) is 21.5 Å². The van der Waals surface area contributed by atoms with Gasteiger partial charge in [0.05, 0.1) is 5.70 Å². The molecule has 1 aliphatic heterocycles. The highest BCUT2D eigenvalue weighted by molar-refractivity contribution is 6.16. The number of nitrogens with zero attached hydrogens (tertiary/aromatic N) is 1. The van der Waals surface area contributed by atoms with Crippen LogP contribution in [0.3, 0.4) is 0 Å². The van der Waals surface area contributed by atoms with Crippen LogP contribution in [-0.4, -0.2) is 16.0 Å². The number of hydrogen-bond donors (Lipinski definition) is 0. The summed E-state index contributed by atoms with van der Waals surface area (Å²) in [5, 5.41) is 0. The van der Waals surface area contributed by atoms with Crippen LogP contribution in [0.1, 0.15) is 50.8 Å². The summed E-state index contributed by atoms with van der Waals surface area (Å²) < 4.78 is 0. The molecule has 0 N–H and O–H groups in total. The Morgan fingerprint density at radius 2 is 1.69 bits per heavy atom. The lowest BCUT2D eigenvalue weighted by Crippen LogP contribution is -1.95. The largest absolute Gasteiger partial charge is 0.253 e. The van der Waals surface area contributed by atoms with Crippen molar-refractivity contribution in [2.24, 2.45) is 4.99 Å². The normalized spacial score (nSPS) is 19.1. The molecule has 5 rings (SSSR count). The molecule has 0 radical (unpaired) electrons. The summed E-state index contributed by atoms with van der Waals surface area (Å²) in [6, 6.07) is 17.4. The van der Waals surface area contributed by atoms with Crippen LogP contribution in [0.25, 0.3) is 17.2 Å². The second kappa shape index (κ2) is 7.96. The van der Waals surface area contributed by atoms with E-state index in [1.165, 1.54) is 66.2 Å². The summed E-state index contributed by atoms with van der Waals surface area (Å²) in [5.74, 6) is 0. The summed E-state index contributed by atoms with van der Waals surface area (Å²) in [4.78, 5) is 4.55. The van der Waals surface area contributed by atoms with E-state index in [1.54, 1.807) is 0 Å². The Balaban J connectivity index is 0.000000150. The average molecular weight is 396 g/mol. The molecule has 0 saturated heterocycles. The Morgan fingerprint density at radius 1 is 0.931 bits per heavy atom. The van der Waals surface area contributed by atoms with Crippen LogP contribution in [0.4, 0.5) is 0 Å². The van der Waals surface area contributed by atoms with Crippen molar-refractivity contribution >= 4 is 22.0 Å². The lowest BCUT2D eigenvalue weighted by molar-refractivity contribution is 1.14. The zero-order valence-corrected chi connectivity index (χ0v) is 20.1. The van der Waals surface area contributed by atoms with Crippen molar-refractivity contribution in [3.05, 3.63) is 99.8 Å². The van der Waals surface area contributed by atoms with Crippen molar-refractivity contribution in [1.82, 2.24) is 0 Å². The predicted octanol–water partition coefficient (Wildman–Crippen LogP) is 6.19. The van der Waals surface area contributed by atoms with E-state index >= 15 is 0 Å². The maximum absolute atomic E-state index is 4.55. The monoisotopic (exact) mass is 395 g/mol. The van der Waals surface area contributed by atoms with E-state index in [0.717, 1.165) is 6.42 Å². The van der Waals surface area contributed by atoms with Crippen molar-refractivity contribution in [2.75, 3.05) is 0 Å². The smallest absolute Gasteiger partial charge is 0.0711 e. The third-order valence-electron chi connectivity index (χ3n) is 6.29. The summed E-state index contributed by atoms with van der Waals surface area (Å²) in [6.07, 6.45) is 7.66. The predicted molar refractivity (Wildman–Crippen MR) is 130 cm³/mol. The van der Waals surface area contributed by atoms with E-state index in [1.807, 2.05) is 0 Å². The number of fused-ring (bicyclic) bond motifs is 2. The standard InChI is InChI=1S/C16H16Si.C11H13N/c1-11-10-15-13(12-6-3-2-4-7-12)8-5-9-14(15)16(11)17;1-4-9-8(3)11-7(2)5-6-10(11)12-9/h2-10,16H,1,17H3;5-6H,4H2,1-3H3. The van der Waals surface area contributed by atoms with E-state index in [0.29, 0.717) is 5.54 Å². The fourth-order valence-electron chi connectivity index (χ4n) is 4.46. The molecule has 1 heterocycles. The van der Waals surface area contributed by atoms with Crippen LogP contribution in [0.5, 0.6) is 0 Å². The molecule has 3 aliphatic rings. The molecule has 2 heteroatoms. The molecule has 1 atom stereocenters. The van der Waals surface area contributed by atoms with Crippen LogP contribution in [0, 0.1) is 0 Å². The molecular formula is C27H29NSi. The van der Waals surface area contributed by atoms with Gasteiger partial charge in [-0.3, -0.25) is 4.99 Å². The maximum Gasteiger partial charge on any atom is 0.0711 e. The maximum atomic E-state index is 4.55. The van der Waals surface area contributed by atoms with Gasteiger partial charge < -0.3 is 0 Å². The summed E-state index contributed by atoms with van der Waals surface area (Å²) >= 11 is 0. The topological polar surface area (TPSA) is 12.4 Å². The Bertz CT molecular complexity index is 1110. The van der Waals surface area contributed by atoms with E-state index in [9.17, 15) is 0 Å². The number of allylic oxidation sites excluding steroid dienone is 5. The molecule has 2 aromatic rings. The zero-order chi connectivity index (χ0) is 20.5. The second-order valence-corrected chi connectivity index (χ2v) is 9.25. The Hall–Kier alpha value is -2.71. The van der Waals surface area contributed by atoms with Gasteiger partial charge in [0.2, 0.25) is 0 Å². The summed E-state index contributed by atoms with van der Waals surface area (Å²) in [5.41, 5.74) is 14.4. The summed E-state index contributed by atoms with van der Waals surface area (Å²) in [7, 11) is 1.21. The minimum absolute atomic E-state index is 0.702. The highest BCUT2D eigenvalue weighted by Gasteiger charge is 2.22. The molecule has 1 unspecified atom stereocenters. The molecule has 0 spiro atoms. The lowest BCUT2D eigenvalue weighted by Gasteiger charge is -2.10. The average Bonchev–Trinajstić information content (AvgIpc) is 3.37. The van der Waals surface area contributed by atoms with Gasteiger partial charge in [0.15, 0.2) is 0 Å². The molecule has 0 amide bonds. The van der Waals surface area contributed by atoms with Gasteiger partial charge in [-0.1, -0.05) is 73.2 Å². The van der Waals surface area contributed by atoms with E-state index < -0.39 is 0 Å². The fraction of sp³-hybridized carbons (Fsp3) is 0.222. The molecule has 146 valence electrons. The van der Waals surface area contributed by atoms with Gasteiger partial charge >= 0.3 is 0 Å². The molecule has 0 fully saturated rings. The van der Waals surface area contributed by atoms with Crippen molar-refractivity contribution in [2.45, 2.75) is 39.7 Å². The first kappa shape index (κ1) is 19.6. The van der Waals surface area contributed by atoms with Gasteiger partial charge in [0.1, 0.15) is 0 Å². The third kappa shape index (κ3) is 3.53. The number of hydrogen-bond acceptors (Lipinski definition) is 1. The number of benzene rings is 2. The van der Waals surface area contributed by atoms with Crippen molar-refractivity contribution in [1.29, 1.82) is 0 Å². The molecular weight excluding hydrogens is 366 g/mol. The number of rotatable bonds is 2. The van der Waals surface area contributed by atoms with Crippen LogP contribution < -0.4 is 0 Å². The van der Waals surface area contributed by atoms with Crippen LogP contribution in [-0.2, 0) is 0 Å². The van der Waals surface area contributed by atoms with E-state index in [-0.39, 0.29) is 0 Å². The lowest BCUT2D eigenvalue weighted by atomic mass is 9.97. The fourth-order valence-corrected chi connectivity index (χ4v) is 5.13. The van der Waals surface area contributed by atoms with Gasteiger partial charge in [-0.15, -0.1) is 0 Å². The van der Waals surface area contributed by atoms with Crippen LogP contribution in [0.2, 0.25) is 0 Å². The second-order valence-electron chi connectivity index (χ2n) is 8.10. The summed E-state index contributed by atoms with van der Waals surface area (Å²) in [6.45, 7) is 8.73. The highest BCUT2D eigenvalue weighted by atomic mass is 28.1. The van der Waals surface area contributed by atoms with Gasteiger partial charge in [0.25, 0.3) is 0 Å². The molecule has 0 saturated carbocycles. The molecule has 2 aromatic carbocycles. The molecule has 1 nitrogen and oxygen atoms in total. The van der Waals surface area contributed by atoms with Crippen molar-refractivity contribution < 1.29 is 0 Å². The van der Waals surface area contributed by atoms with Gasteiger partial charge in [-0.2, -0.15) is 0 Å². The Morgan fingerprint density at radius 3 is 2.38 bits per heavy atom. The van der Waals surface area contributed by atoms with Crippen LogP contribution in [0.15, 0.2) is 93.7 Å². The first-order valence-corrected chi connectivity index (χ1v) is 11.7. The zero-order valence-electron chi connectivity index (χ0n) is 18.1. The molecule has 0 bridgehead atoms. The molecule has 2 aliphatic carbocycles. The highest BCUT2D eigenvalue weighted by Crippen LogP contribution is 2.39. The quantitative estimate of drug-likeness (QED) is 0.538. The van der Waals surface area contributed by atoms with Gasteiger partial charge in [-0.05, 0) is 72.2 Å². The third-order valence-corrected chi connectivity index (χ3v) is 7.82. The number of aliphatic imine (C=N–C) groups is 1. The Kier molecular flexibility index (Phi) is 5.38. The van der Waals surface area contributed by atoms with Gasteiger partial charge in [-0.25, -0.2) is 0 Å². The SMILES string of the molecule is CC1=Cc2c(-c3ccccc3)cccc2C1[SiH3].CCC1=NC2=CC=C(C)C2=C1C. The van der Waals surface area contributed by atoms with Crippen molar-refractivity contribution in [3.8, 4) is 11.1 Å². The minimum Gasteiger partial charge on any atom is -0.253 e. The Labute approximate surface area is 177 Å². The minimum atomic E-state index is 0.702. The van der Waals surface area contributed by atoms with E-state index in [4.69, 9.17) is 0 Å². The first-order valence-electron chi connectivity index (χ1n) is 10.6. The van der Waals surface area contributed by atoms with Crippen molar-refractivity contribution in [3.63, 3.8) is 0 Å². The van der Waals surface area contributed by atoms with Crippen LogP contribution >= 0.6 is 0 Å².